The monoisotopic (exact) mass is 926 g/mol. The second-order valence-electron chi connectivity index (χ2n) is 20.4. The van der Waals surface area contributed by atoms with Crippen molar-refractivity contribution in [1.29, 1.82) is 0 Å². The van der Waals surface area contributed by atoms with Crippen molar-refractivity contribution in [3.63, 3.8) is 0 Å². The number of nitrogens with zero attached hydrogens (tertiary/aromatic N) is 3. The van der Waals surface area contributed by atoms with E-state index in [-0.39, 0.29) is 54.2 Å². The number of para-hydroxylation sites is 1. The molecule has 0 saturated carbocycles. The van der Waals surface area contributed by atoms with E-state index in [0.29, 0.717) is 25.9 Å². The van der Waals surface area contributed by atoms with Crippen LogP contribution in [0.2, 0.25) is 0 Å². The van der Waals surface area contributed by atoms with E-state index in [4.69, 9.17) is 19.9 Å². The molecule has 1 aromatic heterocycles. The number of unbranched alkanes of at least 4 members (excludes halogenated alkanes) is 3. The van der Waals surface area contributed by atoms with Gasteiger partial charge in [-0.1, -0.05) is 85.9 Å². The number of likely N-dealkylation sites (tertiary alicyclic amines) is 1. The summed E-state index contributed by atoms with van der Waals surface area (Å²) >= 11 is 0. The fourth-order valence-corrected chi connectivity index (χ4v) is 9.68. The molecule has 0 aliphatic carbocycles. The highest BCUT2D eigenvalue weighted by Crippen LogP contribution is 2.30. The van der Waals surface area contributed by atoms with Gasteiger partial charge in [-0.2, -0.15) is 0 Å². The van der Waals surface area contributed by atoms with Crippen molar-refractivity contribution in [3.8, 4) is 0 Å². The molecule has 5 N–H and O–H groups in total. The topological polar surface area (TPSA) is 189 Å². The molecule has 2 heterocycles. The number of carbonyl (C=O) groups is 5. The second kappa shape index (κ2) is 26.5. The third-order valence-corrected chi connectivity index (χ3v) is 13.4. The summed E-state index contributed by atoms with van der Waals surface area (Å²) in [5.74, 6) is -2.50. The number of hydrogen-bond donors (Lipinski definition) is 4. The predicted molar refractivity (Wildman–Crippen MR) is 261 cm³/mol. The predicted octanol–water partition coefficient (Wildman–Crippen LogP) is 6.07. The maximum Gasteiger partial charge on any atom is 0.329 e. The van der Waals surface area contributed by atoms with Gasteiger partial charge in [-0.3, -0.25) is 24.1 Å². The maximum absolute atomic E-state index is 14.6. The zero-order valence-corrected chi connectivity index (χ0v) is 42.9. The van der Waals surface area contributed by atoms with E-state index in [1.54, 1.807) is 58.8 Å². The Labute approximate surface area is 396 Å². The van der Waals surface area contributed by atoms with Crippen molar-refractivity contribution >= 4 is 40.5 Å². The lowest BCUT2D eigenvalue weighted by Gasteiger charge is -2.41. The SMILES string of the molecule is CCC(C)C(C(CC(=O)N1CCC[C@H]1C(OC)C(C)C(=O)NC(Cc1c[nH]c2ccccc12)C(=O)OC(C)(C)C)OC)N(C)C(=O)C(NC(=O)C(C(C)C)N(C)CCCCCCN)C(C)C. The zero-order valence-electron chi connectivity index (χ0n) is 42.9. The molecule has 0 spiro atoms. The van der Waals surface area contributed by atoms with Crippen LogP contribution in [0, 0.1) is 23.7 Å². The number of methoxy groups -OCH3 is 2. The van der Waals surface area contributed by atoms with Gasteiger partial charge in [0.05, 0.1) is 42.7 Å². The number of fused-ring (bicyclic) bond motifs is 1. The number of carbonyl (C=O) groups excluding carboxylic acids is 5. The zero-order chi connectivity index (χ0) is 49.5. The van der Waals surface area contributed by atoms with Gasteiger partial charge >= 0.3 is 5.97 Å². The summed E-state index contributed by atoms with van der Waals surface area (Å²) in [5, 5.41) is 7.07. The van der Waals surface area contributed by atoms with Crippen LogP contribution in [-0.2, 0) is 44.6 Å². The maximum atomic E-state index is 14.6. The number of rotatable bonds is 27. The number of likely N-dealkylation sites (N-methyl/N-ethyl adjacent to an activating group) is 2. The fraction of sp³-hybridized carbons (Fsp3) is 0.745. The molecule has 66 heavy (non-hydrogen) atoms. The number of aromatic nitrogens is 1. The molecule has 1 saturated heterocycles. The van der Waals surface area contributed by atoms with E-state index in [1.807, 2.05) is 79.1 Å². The Balaban J connectivity index is 1.80. The summed E-state index contributed by atoms with van der Waals surface area (Å²) in [5.41, 5.74) is 6.70. The number of amides is 4. The normalized spacial score (nSPS) is 18.2. The first-order valence-corrected chi connectivity index (χ1v) is 24.5. The third-order valence-electron chi connectivity index (χ3n) is 13.4. The molecular weight excluding hydrogens is 839 g/mol. The smallest absolute Gasteiger partial charge is 0.329 e. The number of nitrogens with one attached hydrogen (secondary N) is 3. The lowest BCUT2D eigenvalue weighted by Crippen LogP contribution is -2.60. The van der Waals surface area contributed by atoms with Crippen LogP contribution in [0.25, 0.3) is 10.9 Å². The lowest BCUT2D eigenvalue weighted by molar-refractivity contribution is -0.159. The first-order chi connectivity index (χ1) is 31.1. The van der Waals surface area contributed by atoms with Gasteiger partial charge in [0.15, 0.2) is 0 Å². The molecule has 8 unspecified atom stereocenters. The molecule has 15 nitrogen and oxygen atoms in total. The first-order valence-electron chi connectivity index (χ1n) is 24.5. The van der Waals surface area contributed by atoms with Crippen molar-refractivity contribution in [2.45, 2.75) is 175 Å². The second-order valence-corrected chi connectivity index (χ2v) is 20.4. The molecule has 374 valence electrons. The van der Waals surface area contributed by atoms with Crippen molar-refractivity contribution in [1.82, 2.24) is 30.3 Å². The van der Waals surface area contributed by atoms with Gasteiger partial charge in [0.25, 0.3) is 0 Å². The molecule has 1 aliphatic rings. The molecule has 1 aliphatic heterocycles. The summed E-state index contributed by atoms with van der Waals surface area (Å²) in [6.07, 6.45) is 6.80. The van der Waals surface area contributed by atoms with Gasteiger partial charge in [-0.25, -0.2) is 4.79 Å². The van der Waals surface area contributed by atoms with E-state index in [0.717, 1.165) is 55.1 Å². The van der Waals surface area contributed by atoms with Crippen LogP contribution in [0.1, 0.15) is 126 Å². The molecule has 4 amide bonds. The Morgan fingerprint density at radius 1 is 0.909 bits per heavy atom. The molecule has 1 aromatic carbocycles. The molecule has 0 bridgehead atoms. The van der Waals surface area contributed by atoms with Gasteiger partial charge in [0, 0.05) is 51.3 Å². The van der Waals surface area contributed by atoms with Crippen molar-refractivity contribution in [2.75, 3.05) is 47.9 Å². The van der Waals surface area contributed by atoms with Crippen LogP contribution in [0.4, 0.5) is 0 Å². The van der Waals surface area contributed by atoms with E-state index < -0.39 is 59.9 Å². The average Bonchev–Trinajstić information content (AvgIpc) is 3.91. The van der Waals surface area contributed by atoms with Crippen LogP contribution in [0.15, 0.2) is 30.5 Å². The number of ether oxygens (including phenoxy) is 3. The minimum atomic E-state index is -0.972. The molecule has 15 heteroatoms. The number of hydrogen-bond acceptors (Lipinski definition) is 10. The van der Waals surface area contributed by atoms with Gasteiger partial charge in [0.2, 0.25) is 23.6 Å². The summed E-state index contributed by atoms with van der Waals surface area (Å²) in [6, 6.07) is 4.70. The van der Waals surface area contributed by atoms with Crippen molar-refractivity contribution in [2.24, 2.45) is 29.4 Å². The molecule has 1 fully saturated rings. The van der Waals surface area contributed by atoms with Crippen LogP contribution in [0.5, 0.6) is 0 Å². The third kappa shape index (κ3) is 15.5. The first kappa shape index (κ1) is 56.3. The molecule has 2 aromatic rings. The van der Waals surface area contributed by atoms with Crippen molar-refractivity contribution < 1.29 is 38.2 Å². The van der Waals surface area contributed by atoms with Crippen LogP contribution in [-0.4, -0.2) is 145 Å². The highest BCUT2D eigenvalue weighted by atomic mass is 16.6. The Bertz CT molecular complexity index is 1840. The van der Waals surface area contributed by atoms with Crippen molar-refractivity contribution in [3.05, 3.63) is 36.0 Å². The molecule has 3 rings (SSSR count). The molecule has 0 radical (unpaired) electrons. The lowest BCUT2D eigenvalue weighted by atomic mass is 9.89. The quantitative estimate of drug-likeness (QED) is 0.0605. The average molecular weight is 926 g/mol. The van der Waals surface area contributed by atoms with Crippen LogP contribution < -0.4 is 16.4 Å². The summed E-state index contributed by atoms with van der Waals surface area (Å²) in [6.45, 7) is 21.0. The van der Waals surface area contributed by atoms with Gasteiger partial charge in [-0.05, 0) is 96.0 Å². The largest absolute Gasteiger partial charge is 0.458 e. The number of benzene rings is 1. The van der Waals surface area contributed by atoms with Gasteiger partial charge in [0.1, 0.15) is 17.7 Å². The Morgan fingerprint density at radius 2 is 1.58 bits per heavy atom. The minimum absolute atomic E-state index is 0.00776. The Kier molecular flexibility index (Phi) is 22.6. The van der Waals surface area contributed by atoms with E-state index >= 15 is 0 Å². The van der Waals surface area contributed by atoms with Crippen LogP contribution in [0.3, 0.4) is 0 Å². The minimum Gasteiger partial charge on any atom is -0.458 e. The highest BCUT2D eigenvalue weighted by molar-refractivity contribution is 5.91. The number of esters is 1. The van der Waals surface area contributed by atoms with Gasteiger partial charge < -0.3 is 45.4 Å². The molecular formula is C51H87N7O8. The molecule has 9 atom stereocenters. The van der Waals surface area contributed by atoms with E-state index in [2.05, 4.69) is 20.5 Å². The Hall–Kier alpha value is -4.05. The number of aromatic amines is 1. The summed E-state index contributed by atoms with van der Waals surface area (Å²) in [4.78, 5) is 79.7. The Morgan fingerprint density at radius 3 is 2.17 bits per heavy atom. The standard InChI is InChI=1S/C51H87N7O8/c1-15-34(6)45(57(12)49(62)43(32(2)3)55-48(61)44(33(4)5)56(11)27-21-17-16-20-26-52)41(64-13)30-42(59)58-28-22-25-40(58)46(65-14)35(7)47(60)54-39(50(63)66-51(8,9)10)29-36-31-53-38-24-19-18-23-37(36)38/h18-19,23-24,31-35,39-41,43-46,53H,15-17,20-22,25-30,52H2,1-14H3,(H,54,60)(H,55,61)/t34?,35?,39?,40-,41?,43?,44?,45?,46?/m0/s1. The number of H-pyrrole nitrogens is 1. The number of nitrogens with two attached hydrogens (primary N) is 1. The van der Waals surface area contributed by atoms with E-state index in [1.165, 1.54) is 0 Å². The summed E-state index contributed by atoms with van der Waals surface area (Å²) < 4.78 is 17.9. The fourth-order valence-electron chi connectivity index (χ4n) is 9.68. The van der Waals surface area contributed by atoms with E-state index in [9.17, 15) is 24.0 Å². The highest BCUT2D eigenvalue weighted by Gasteiger charge is 2.44. The van der Waals surface area contributed by atoms with Gasteiger partial charge in [-0.15, -0.1) is 0 Å². The summed E-state index contributed by atoms with van der Waals surface area (Å²) in [7, 11) is 6.82. The van der Waals surface area contributed by atoms with Crippen LogP contribution >= 0.6 is 0 Å².